The third-order valence-electron chi connectivity index (χ3n) is 3.39. The van der Waals surface area contributed by atoms with Crippen molar-refractivity contribution >= 4 is 10.8 Å². The summed E-state index contributed by atoms with van der Waals surface area (Å²) >= 11 is 0. The predicted molar refractivity (Wildman–Crippen MR) is 76.7 cm³/mol. The minimum Gasteiger partial charge on any atom is -0.0613 e. The van der Waals surface area contributed by atoms with Crippen LogP contribution < -0.4 is 0 Å². The second-order valence-corrected chi connectivity index (χ2v) is 6.15. The highest BCUT2D eigenvalue weighted by molar-refractivity contribution is 5.89. The van der Waals surface area contributed by atoms with Crippen molar-refractivity contribution in [2.75, 3.05) is 0 Å². The van der Waals surface area contributed by atoms with E-state index in [-0.39, 0.29) is 5.41 Å². The molecular formula is C17H22. The molecule has 0 aromatic heterocycles. The first kappa shape index (κ1) is 12.2. The Labute approximate surface area is 105 Å². The first-order chi connectivity index (χ1) is 7.91. The van der Waals surface area contributed by atoms with Crippen molar-refractivity contribution in [3.63, 3.8) is 0 Å². The van der Waals surface area contributed by atoms with Gasteiger partial charge < -0.3 is 0 Å². The van der Waals surface area contributed by atoms with Crippen LogP contribution in [0.15, 0.2) is 36.4 Å². The van der Waals surface area contributed by atoms with Crippen molar-refractivity contribution < 1.29 is 0 Å². The van der Waals surface area contributed by atoms with E-state index < -0.39 is 0 Å². The van der Waals surface area contributed by atoms with E-state index in [1.807, 2.05) is 0 Å². The quantitative estimate of drug-likeness (QED) is 0.622. The van der Waals surface area contributed by atoms with Crippen LogP contribution in [0.1, 0.15) is 51.7 Å². The van der Waals surface area contributed by atoms with E-state index in [2.05, 4.69) is 71.0 Å². The molecule has 0 unspecified atom stereocenters. The molecule has 0 atom stereocenters. The fraction of sp³-hybridized carbons (Fsp3) is 0.412. The van der Waals surface area contributed by atoms with Crippen LogP contribution >= 0.6 is 0 Å². The number of fused-ring (bicyclic) bond motifs is 1. The summed E-state index contributed by atoms with van der Waals surface area (Å²) in [4.78, 5) is 0. The Balaban J connectivity index is 2.79. The monoisotopic (exact) mass is 226 g/mol. The molecule has 2 rings (SSSR count). The van der Waals surface area contributed by atoms with Gasteiger partial charge in [0.15, 0.2) is 0 Å². The van der Waals surface area contributed by atoms with Gasteiger partial charge in [0, 0.05) is 0 Å². The average Bonchev–Trinajstić information content (AvgIpc) is 2.26. The van der Waals surface area contributed by atoms with E-state index in [1.165, 1.54) is 21.9 Å². The van der Waals surface area contributed by atoms with Gasteiger partial charge in [-0.2, -0.15) is 0 Å². The van der Waals surface area contributed by atoms with Gasteiger partial charge in [0.25, 0.3) is 0 Å². The van der Waals surface area contributed by atoms with Crippen LogP contribution in [0, 0.1) is 0 Å². The maximum atomic E-state index is 2.28. The van der Waals surface area contributed by atoms with Gasteiger partial charge in [-0.15, -0.1) is 0 Å². The Bertz CT molecular complexity index is 527. The summed E-state index contributed by atoms with van der Waals surface area (Å²) in [5.74, 6) is 0.578. The molecule has 0 N–H and O–H groups in total. The molecule has 2 aromatic carbocycles. The summed E-state index contributed by atoms with van der Waals surface area (Å²) in [5.41, 5.74) is 3.10. The predicted octanol–water partition coefficient (Wildman–Crippen LogP) is 5.26. The Morgan fingerprint density at radius 2 is 1.41 bits per heavy atom. The fourth-order valence-electron chi connectivity index (χ4n) is 2.49. The number of hydrogen-bond donors (Lipinski definition) is 0. The van der Waals surface area contributed by atoms with Crippen LogP contribution in [-0.2, 0) is 5.41 Å². The second-order valence-electron chi connectivity index (χ2n) is 6.15. The lowest BCUT2D eigenvalue weighted by Crippen LogP contribution is -2.11. The maximum Gasteiger partial charge on any atom is -0.0126 e. The molecule has 0 aliphatic rings. The highest BCUT2D eigenvalue weighted by atomic mass is 14.2. The van der Waals surface area contributed by atoms with Crippen LogP contribution in [0.25, 0.3) is 10.8 Å². The maximum absolute atomic E-state index is 2.28. The SMILES string of the molecule is CC(C)c1cccc2c(C(C)(C)C)cccc12. The topological polar surface area (TPSA) is 0 Å². The van der Waals surface area contributed by atoms with Crippen molar-refractivity contribution in [2.45, 2.75) is 46.0 Å². The lowest BCUT2D eigenvalue weighted by atomic mass is 9.82. The third kappa shape index (κ3) is 2.22. The third-order valence-corrected chi connectivity index (χ3v) is 3.39. The van der Waals surface area contributed by atoms with Gasteiger partial charge in [-0.25, -0.2) is 0 Å². The summed E-state index contributed by atoms with van der Waals surface area (Å²) < 4.78 is 0. The van der Waals surface area contributed by atoms with E-state index in [0.717, 1.165) is 0 Å². The summed E-state index contributed by atoms with van der Waals surface area (Å²) in [6.07, 6.45) is 0. The highest BCUT2D eigenvalue weighted by Crippen LogP contribution is 2.33. The van der Waals surface area contributed by atoms with Gasteiger partial charge in [-0.05, 0) is 33.2 Å². The summed E-state index contributed by atoms with van der Waals surface area (Å²) in [5, 5.41) is 2.82. The smallest absolute Gasteiger partial charge is 0.0126 e. The van der Waals surface area contributed by atoms with Gasteiger partial charge in [0.2, 0.25) is 0 Å². The van der Waals surface area contributed by atoms with E-state index >= 15 is 0 Å². The summed E-state index contributed by atoms with van der Waals surface area (Å²) in [6, 6.07) is 13.4. The Morgan fingerprint density at radius 3 is 2.00 bits per heavy atom. The molecule has 0 radical (unpaired) electrons. The molecule has 0 nitrogen and oxygen atoms in total. The van der Waals surface area contributed by atoms with E-state index in [9.17, 15) is 0 Å². The molecule has 90 valence electrons. The van der Waals surface area contributed by atoms with Gasteiger partial charge in [0.1, 0.15) is 0 Å². The molecule has 0 bridgehead atoms. The van der Waals surface area contributed by atoms with Gasteiger partial charge in [-0.3, -0.25) is 0 Å². The first-order valence-electron chi connectivity index (χ1n) is 6.43. The zero-order chi connectivity index (χ0) is 12.6. The van der Waals surface area contributed by atoms with Gasteiger partial charge in [0.05, 0.1) is 0 Å². The van der Waals surface area contributed by atoms with Crippen LogP contribution in [0.5, 0.6) is 0 Å². The Kier molecular flexibility index (Phi) is 2.99. The molecular weight excluding hydrogens is 204 g/mol. The van der Waals surface area contributed by atoms with Crippen molar-refractivity contribution in [1.82, 2.24) is 0 Å². The minimum atomic E-state index is 0.203. The Hall–Kier alpha value is -1.30. The number of rotatable bonds is 1. The lowest BCUT2D eigenvalue weighted by Gasteiger charge is -2.22. The van der Waals surface area contributed by atoms with E-state index in [4.69, 9.17) is 0 Å². The Morgan fingerprint density at radius 1 is 0.824 bits per heavy atom. The zero-order valence-electron chi connectivity index (χ0n) is 11.5. The van der Waals surface area contributed by atoms with Crippen molar-refractivity contribution in [2.24, 2.45) is 0 Å². The molecule has 0 fully saturated rings. The second kappa shape index (κ2) is 4.18. The first-order valence-corrected chi connectivity index (χ1v) is 6.43. The molecule has 0 aliphatic heterocycles. The number of benzene rings is 2. The largest absolute Gasteiger partial charge is 0.0613 e. The van der Waals surface area contributed by atoms with E-state index in [0.29, 0.717) is 5.92 Å². The molecule has 0 heterocycles. The average molecular weight is 226 g/mol. The lowest BCUT2D eigenvalue weighted by molar-refractivity contribution is 0.596. The standard InChI is InChI=1S/C17H22/c1-12(2)13-8-6-10-15-14(13)9-7-11-16(15)17(3,4)5/h6-12H,1-5H3. The molecule has 0 saturated carbocycles. The minimum absolute atomic E-state index is 0.203. The molecule has 0 spiro atoms. The van der Waals surface area contributed by atoms with Crippen LogP contribution in [0.2, 0.25) is 0 Å². The molecule has 2 aromatic rings. The molecule has 17 heavy (non-hydrogen) atoms. The zero-order valence-corrected chi connectivity index (χ0v) is 11.5. The van der Waals surface area contributed by atoms with Crippen molar-refractivity contribution in [1.29, 1.82) is 0 Å². The molecule has 0 aliphatic carbocycles. The van der Waals surface area contributed by atoms with Crippen LogP contribution in [-0.4, -0.2) is 0 Å². The normalized spacial score (nSPS) is 12.4. The van der Waals surface area contributed by atoms with Gasteiger partial charge >= 0.3 is 0 Å². The van der Waals surface area contributed by atoms with Gasteiger partial charge in [-0.1, -0.05) is 71.0 Å². The van der Waals surface area contributed by atoms with Crippen molar-refractivity contribution in [3.8, 4) is 0 Å². The summed E-state index contributed by atoms with van der Waals surface area (Å²) in [7, 11) is 0. The van der Waals surface area contributed by atoms with E-state index in [1.54, 1.807) is 0 Å². The van der Waals surface area contributed by atoms with Crippen molar-refractivity contribution in [3.05, 3.63) is 47.5 Å². The molecule has 0 heteroatoms. The highest BCUT2D eigenvalue weighted by Gasteiger charge is 2.17. The number of hydrogen-bond acceptors (Lipinski definition) is 0. The molecule has 0 amide bonds. The molecule has 0 saturated heterocycles. The fourth-order valence-corrected chi connectivity index (χ4v) is 2.49. The van der Waals surface area contributed by atoms with Crippen LogP contribution in [0.3, 0.4) is 0 Å². The summed E-state index contributed by atoms with van der Waals surface area (Å²) in [6.45, 7) is 11.4. The van der Waals surface area contributed by atoms with Crippen LogP contribution in [0.4, 0.5) is 0 Å².